The summed E-state index contributed by atoms with van der Waals surface area (Å²) in [4.78, 5) is 11.8. The molecule has 0 aromatic heterocycles. The van der Waals surface area contributed by atoms with E-state index in [9.17, 15) is 9.18 Å². The van der Waals surface area contributed by atoms with E-state index in [-0.39, 0.29) is 11.7 Å². The van der Waals surface area contributed by atoms with Crippen molar-refractivity contribution < 1.29 is 9.18 Å². The zero-order valence-electron chi connectivity index (χ0n) is 12.9. The number of amides is 1. The van der Waals surface area contributed by atoms with Crippen molar-refractivity contribution >= 4 is 17.3 Å². The number of anilines is 2. The first-order chi connectivity index (χ1) is 10.5. The molecular weight excluding hydrogens is 279 g/mol. The lowest BCUT2D eigenvalue weighted by Crippen LogP contribution is -2.13. The first-order valence-electron chi connectivity index (χ1n) is 7.41. The van der Waals surface area contributed by atoms with E-state index in [0.717, 1.165) is 16.9 Å². The van der Waals surface area contributed by atoms with Gasteiger partial charge in [-0.05, 0) is 41.8 Å². The van der Waals surface area contributed by atoms with Crippen molar-refractivity contribution in [3.05, 3.63) is 59.9 Å². The molecule has 1 amide bonds. The lowest BCUT2D eigenvalue weighted by atomic mass is 10.1. The van der Waals surface area contributed by atoms with Gasteiger partial charge in [0.15, 0.2) is 0 Å². The van der Waals surface area contributed by atoms with Crippen molar-refractivity contribution in [2.45, 2.75) is 26.8 Å². The molecule has 0 aliphatic rings. The summed E-state index contributed by atoms with van der Waals surface area (Å²) in [7, 11) is 0. The van der Waals surface area contributed by atoms with Crippen LogP contribution in [0.1, 0.15) is 25.8 Å². The average Bonchev–Trinajstić information content (AvgIpc) is 2.46. The molecule has 0 aliphatic carbocycles. The zero-order valence-corrected chi connectivity index (χ0v) is 12.9. The Kier molecular flexibility index (Phi) is 5.53. The standard InChI is InChI=1S/C18H21FN2O/c1-13(2)10-18(22)21-17-5-3-4-16(11-17)20-12-14-6-8-15(19)9-7-14/h3-9,11,13,20H,10,12H2,1-2H3,(H,21,22). The van der Waals surface area contributed by atoms with Crippen LogP contribution in [0.4, 0.5) is 15.8 Å². The molecule has 2 aromatic carbocycles. The van der Waals surface area contributed by atoms with E-state index in [4.69, 9.17) is 0 Å². The van der Waals surface area contributed by atoms with Gasteiger partial charge in [0.05, 0.1) is 0 Å². The number of halogens is 1. The van der Waals surface area contributed by atoms with E-state index in [1.807, 2.05) is 38.1 Å². The average molecular weight is 300 g/mol. The molecule has 0 unspecified atom stereocenters. The van der Waals surface area contributed by atoms with Gasteiger partial charge in [-0.2, -0.15) is 0 Å². The predicted molar refractivity (Wildman–Crippen MR) is 88.3 cm³/mol. The summed E-state index contributed by atoms with van der Waals surface area (Å²) in [6.45, 7) is 4.63. The van der Waals surface area contributed by atoms with Gasteiger partial charge in [-0.25, -0.2) is 4.39 Å². The van der Waals surface area contributed by atoms with Crippen molar-refractivity contribution in [2.24, 2.45) is 5.92 Å². The molecule has 0 radical (unpaired) electrons. The molecule has 0 spiro atoms. The van der Waals surface area contributed by atoms with E-state index < -0.39 is 0 Å². The van der Waals surface area contributed by atoms with Gasteiger partial charge in [0.25, 0.3) is 0 Å². The van der Waals surface area contributed by atoms with Crippen molar-refractivity contribution in [2.75, 3.05) is 10.6 Å². The van der Waals surface area contributed by atoms with Crippen molar-refractivity contribution in [1.29, 1.82) is 0 Å². The molecule has 0 fully saturated rings. The Morgan fingerprint density at radius 2 is 1.77 bits per heavy atom. The molecule has 116 valence electrons. The molecule has 2 N–H and O–H groups in total. The van der Waals surface area contributed by atoms with Gasteiger partial charge >= 0.3 is 0 Å². The monoisotopic (exact) mass is 300 g/mol. The minimum Gasteiger partial charge on any atom is -0.381 e. The smallest absolute Gasteiger partial charge is 0.224 e. The molecule has 0 saturated heterocycles. The maximum absolute atomic E-state index is 12.9. The third-order valence-electron chi connectivity index (χ3n) is 3.15. The highest BCUT2D eigenvalue weighted by Crippen LogP contribution is 2.17. The first-order valence-corrected chi connectivity index (χ1v) is 7.41. The van der Waals surface area contributed by atoms with E-state index in [1.54, 1.807) is 12.1 Å². The Morgan fingerprint density at radius 3 is 2.45 bits per heavy atom. The van der Waals surface area contributed by atoms with Crippen molar-refractivity contribution in [3.8, 4) is 0 Å². The normalized spacial score (nSPS) is 10.5. The molecule has 0 heterocycles. The number of carbonyl (C=O) groups is 1. The van der Waals surface area contributed by atoms with Crippen LogP contribution in [0, 0.1) is 11.7 Å². The second-order valence-electron chi connectivity index (χ2n) is 5.71. The van der Waals surface area contributed by atoms with E-state index >= 15 is 0 Å². The van der Waals surface area contributed by atoms with E-state index in [0.29, 0.717) is 18.9 Å². The topological polar surface area (TPSA) is 41.1 Å². The Hall–Kier alpha value is -2.36. The fraction of sp³-hybridized carbons (Fsp3) is 0.278. The van der Waals surface area contributed by atoms with E-state index in [2.05, 4.69) is 10.6 Å². The molecule has 0 atom stereocenters. The second-order valence-corrected chi connectivity index (χ2v) is 5.71. The predicted octanol–water partition coefficient (Wildman–Crippen LogP) is 4.42. The first kappa shape index (κ1) is 16.0. The third-order valence-corrected chi connectivity index (χ3v) is 3.15. The number of benzene rings is 2. The summed E-state index contributed by atoms with van der Waals surface area (Å²) in [5, 5.41) is 6.15. The third kappa shape index (κ3) is 5.20. The summed E-state index contributed by atoms with van der Waals surface area (Å²) < 4.78 is 12.9. The van der Waals surface area contributed by atoms with Crippen LogP contribution < -0.4 is 10.6 Å². The Balaban J connectivity index is 1.93. The molecule has 2 rings (SSSR count). The summed E-state index contributed by atoms with van der Waals surface area (Å²) in [5.74, 6) is 0.115. The Labute approximate surface area is 130 Å². The van der Waals surface area contributed by atoms with Crippen LogP contribution in [0.2, 0.25) is 0 Å². The fourth-order valence-electron chi connectivity index (χ4n) is 2.10. The molecule has 4 heteroatoms. The van der Waals surface area contributed by atoms with Gasteiger partial charge in [-0.3, -0.25) is 4.79 Å². The SMILES string of the molecule is CC(C)CC(=O)Nc1cccc(NCc2ccc(F)cc2)c1. The number of carbonyl (C=O) groups excluding carboxylic acids is 1. The lowest BCUT2D eigenvalue weighted by molar-refractivity contribution is -0.116. The molecule has 0 aliphatic heterocycles. The Morgan fingerprint density at radius 1 is 1.09 bits per heavy atom. The summed E-state index contributed by atoms with van der Waals surface area (Å²) in [5.41, 5.74) is 2.68. The number of nitrogens with one attached hydrogen (secondary N) is 2. The molecule has 2 aromatic rings. The molecule has 0 saturated carbocycles. The van der Waals surface area contributed by atoms with Crippen LogP contribution in [-0.4, -0.2) is 5.91 Å². The summed E-state index contributed by atoms with van der Waals surface area (Å²) in [6.07, 6.45) is 0.507. The van der Waals surface area contributed by atoms with Crippen LogP contribution in [0.25, 0.3) is 0 Å². The van der Waals surface area contributed by atoms with Crippen molar-refractivity contribution in [1.82, 2.24) is 0 Å². The summed E-state index contributed by atoms with van der Waals surface area (Å²) in [6, 6.07) is 14.0. The molecule has 22 heavy (non-hydrogen) atoms. The van der Waals surface area contributed by atoms with Crippen LogP contribution in [0.15, 0.2) is 48.5 Å². The molecule has 0 bridgehead atoms. The van der Waals surface area contributed by atoms with Crippen LogP contribution >= 0.6 is 0 Å². The van der Waals surface area contributed by atoms with Gasteiger partial charge < -0.3 is 10.6 Å². The second kappa shape index (κ2) is 7.59. The zero-order chi connectivity index (χ0) is 15.9. The van der Waals surface area contributed by atoms with Crippen LogP contribution in [0.5, 0.6) is 0 Å². The van der Waals surface area contributed by atoms with Crippen molar-refractivity contribution in [3.63, 3.8) is 0 Å². The molecule has 3 nitrogen and oxygen atoms in total. The quantitative estimate of drug-likeness (QED) is 0.829. The number of rotatable bonds is 6. The highest BCUT2D eigenvalue weighted by Gasteiger charge is 2.05. The van der Waals surface area contributed by atoms with Crippen LogP contribution in [-0.2, 0) is 11.3 Å². The van der Waals surface area contributed by atoms with Gasteiger partial charge in [-0.1, -0.05) is 32.0 Å². The maximum atomic E-state index is 12.9. The van der Waals surface area contributed by atoms with Gasteiger partial charge in [0.1, 0.15) is 5.82 Å². The van der Waals surface area contributed by atoms with Crippen LogP contribution in [0.3, 0.4) is 0 Å². The highest BCUT2D eigenvalue weighted by atomic mass is 19.1. The highest BCUT2D eigenvalue weighted by molar-refractivity contribution is 5.91. The largest absolute Gasteiger partial charge is 0.381 e. The van der Waals surface area contributed by atoms with Gasteiger partial charge in [0, 0.05) is 24.3 Å². The van der Waals surface area contributed by atoms with Gasteiger partial charge in [0.2, 0.25) is 5.91 Å². The summed E-state index contributed by atoms with van der Waals surface area (Å²) >= 11 is 0. The van der Waals surface area contributed by atoms with E-state index in [1.165, 1.54) is 12.1 Å². The maximum Gasteiger partial charge on any atom is 0.224 e. The minimum atomic E-state index is -0.237. The van der Waals surface area contributed by atoms with Gasteiger partial charge in [-0.15, -0.1) is 0 Å². The molecular formula is C18H21FN2O. The Bertz CT molecular complexity index is 623. The number of hydrogen-bond donors (Lipinski definition) is 2. The number of hydrogen-bond acceptors (Lipinski definition) is 2. The lowest BCUT2D eigenvalue weighted by Gasteiger charge is -2.10. The fourth-order valence-corrected chi connectivity index (χ4v) is 2.10. The minimum absolute atomic E-state index is 0.0192.